The van der Waals surface area contributed by atoms with Gasteiger partial charge < -0.3 is 21.2 Å². The van der Waals surface area contributed by atoms with Crippen LogP contribution in [0.15, 0.2) is 54.7 Å². The zero-order valence-corrected chi connectivity index (χ0v) is 11.8. The van der Waals surface area contributed by atoms with E-state index in [9.17, 15) is 13.6 Å². The molecule has 0 saturated heterocycles. The predicted molar refractivity (Wildman–Crippen MR) is 81.6 cm³/mol. The third-order valence-corrected chi connectivity index (χ3v) is 2.76. The first-order chi connectivity index (χ1) is 11.0. The number of nitrogens with two attached hydrogens (primary N) is 1. The zero-order valence-electron chi connectivity index (χ0n) is 11.8. The molecule has 0 fully saturated rings. The highest BCUT2D eigenvalue weighted by molar-refractivity contribution is 6.06. The molecule has 2 rings (SSSR count). The van der Waals surface area contributed by atoms with E-state index in [1.54, 1.807) is 24.3 Å². The first-order valence-corrected chi connectivity index (χ1v) is 6.50. The van der Waals surface area contributed by atoms with Crippen molar-refractivity contribution in [3.63, 3.8) is 0 Å². The number of hydrogen-bond donors (Lipinski definition) is 3. The van der Waals surface area contributed by atoms with Crippen LogP contribution in [-0.2, 0) is 0 Å². The summed E-state index contributed by atoms with van der Waals surface area (Å²) in [6.45, 7) is 0. The number of carbonyl (C=O) groups excluding carboxylic acids is 1. The number of rotatable bonds is 5. The van der Waals surface area contributed by atoms with E-state index in [1.807, 2.05) is 0 Å². The minimum atomic E-state index is -0.803. The van der Waals surface area contributed by atoms with Crippen LogP contribution < -0.4 is 15.8 Å². The summed E-state index contributed by atoms with van der Waals surface area (Å²) in [4.78, 5) is 10.5. The van der Waals surface area contributed by atoms with Crippen molar-refractivity contribution in [1.29, 1.82) is 5.41 Å². The highest BCUT2D eigenvalue weighted by atomic mass is 19.1. The van der Waals surface area contributed by atoms with Gasteiger partial charge in [0.1, 0.15) is 11.6 Å². The number of primary amides is 1. The molecule has 0 aliphatic rings. The number of halogens is 2. The van der Waals surface area contributed by atoms with Crippen LogP contribution in [0.4, 0.5) is 13.6 Å². The van der Waals surface area contributed by atoms with Gasteiger partial charge >= 0.3 is 6.03 Å². The van der Waals surface area contributed by atoms with Gasteiger partial charge in [0, 0.05) is 12.3 Å². The fourth-order valence-electron chi connectivity index (χ4n) is 1.69. The average molecular weight is 317 g/mol. The lowest BCUT2D eigenvalue weighted by atomic mass is 10.1. The second-order valence-corrected chi connectivity index (χ2v) is 4.46. The normalized spacial score (nSPS) is 10.5. The number of ether oxygens (including phenoxy) is 1. The van der Waals surface area contributed by atoms with E-state index in [0.29, 0.717) is 11.3 Å². The molecule has 0 bridgehead atoms. The molecule has 23 heavy (non-hydrogen) atoms. The van der Waals surface area contributed by atoms with Crippen LogP contribution in [0.5, 0.6) is 11.5 Å². The molecule has 0 radical (unpaired) electrons. The topological polar surface area (TPSA) is 88.2 Å². The standard InChI is InChI=1S/C16H13F2N3O2/c17-11-3-6-15(13(18)9-11)23-12-4-1-10(2-5-12)14(19)7-8-21-16(20)22/h1-9,19H,(H3,20,21,22)/b8-7-,19-14?. The predicted octanol–water partition coefficient (Wildman–Crippen LogP) is 3.31. The van der Waals surface area contributed by atoms with Gasteiger partial charge in [0.15, 0.2) is 11.6 Å². The van der Waals surface area contributed by atoms with Crippen LogP contribution in [0.25, 0.3) is 0 Å². The first-order valence-electron chi connectivity index (χ1n) is 6.50. The molecule has 2 aromatic carbocycles. The Hall–Kier alpha value is -3.22. The molecule has 0 spiro atoms. The van der Waals surface area contributed by atoms with Crippen LogP contribution in [0.2, 0.25) is 0 Å². The number of allylic oxidation sites excluding steroid dienone is 1. The quantitative estimate of drug-likeness (QED) is 0.739. The number of urea groups is 1. The third-order valence-electron chi connectivity index (χ3n) is 2.76. The molecule has 0 saturated carbocycles. The van der Waals surface area contributed by atoms with Crippen molar-refractivity contribution in [2.45, 2.75) is 0 Å². The Morgan fingerprint density at radius 1 is 1.17 bits per heavy atom. The fourth-order valence-corrected chi connectivity index (χ4v) is 1.69. The molecule has 0 atom stereocenters. The van der Waals surface area contributed by atoms with Crippen LogP contribution in [0, 0.1) is 17.0 Å². The Morgan fingerprint density at radius 3 is 2.48 bits per heavy atom. The molecule has 5 nitrogen and oxygen atoms in total. The Labute approximate surface area is 130 Å². The Balaban J connectivity index is 2.05. The van der Waals surface area contributed by atoms with Crippen LogP contribution in [-0.4, -0.2) is 11.7 Å². The number of hydrogen-bond acceptors (Lipinski definition) is 3. The number of nitrogens with one attached hydrogen (secondary N) is 2. The van der Waals surface area contributed by atoms with Gasteiger partial charge in [-0.3, -0.25) is 0 Å². The second-order valence-electron chi connectivity index (χ2n) is 4.46. The zero-order chi connectivity index (χ0) is 16.8. The molecule has 4 N–H and O–H groups in total. The van der Waals surface area contributed by atoms with Crippen LogP contribution >= 0.6 is 0 Å². The van der Waals surface area contributed by atoms with E-state index in [1.165, 1.54) is 18.3 Å². The maximum Gasteiger partial charge on any atom is 0.316 e. The lowest BCUT2D eigenvalue weighted by molar-refractivity contribution is 0.252. The number of carbonyl (C=O) groups is 1. The monoisotopic (exact) mass is 317 g/mol. The SMILES string of the molecule is N=C(/C=C\NC(N)=O)c1ccc(Oc2ccc(F)cc2F)cc1. The summed E-state index contributed by atoms with van der Waals surface area (Å²) in [5, 5.41) is 10.0. The Morgan fingerprint density at radius 2 is 1.87 bits per heavy atom. The van der Waals surface area contributed by atoms with Crippen molar-refractivity contribution in [3.05, 3.63) is 71.9 Å². The van der Waals surface area contributed by atoms with Gasteiger partial charge in [0.05, 0.1) is 5.71 Å². The summed E-state index contributed by atoms with van der Waals surface area (Å²) in [7, 11) is 0. The van der Waals surface area contributed by atoms with E-state index in [-0.39, 0.29) is 11.5 Å². The van der Waals surface area contributed by atoms with Crippen molar-refractivity contribution >= 4 is 11.7 Å². The molecule has 0 aliphatic heterocycles. The molecule has 2 amide bonds. The third kappa shape index (κ3) is 4.63. The maximum absolute atomic E-state index is 13.5. The largest absolute Gasteiger partial charge is 0.454 e. The summed E-state index contributed by atoms with van der Waals surface area (Å²) < 4.78 is 31.6. The lowest BCUT2D eigenvalue weighted by Crippen LogP contribution is -2.24. The van der Waals surface area contributed by atoms with Gasteiger partial charge in [0.25, 0.3) is 0 Å². The van der Waals surface area contributed by atoms with Gasteiger partial charge in [-0.1, -0.05) is 0 Å². The number of amides is 2. The van der Waals surface area contributed by atoms with Gasteiger partial charge in [0.2, 0.25) is 0 Å². The van der Waals surface area contributed by atoms with Gasteiger partial charge in [-0.2, -0.15) is 0 Å². The van der Waals surface area contributed by atoms with E-state index in [2.05, 4.69) is 5.32 Å². The summed E-state index contributed by atoms with van der Waals surface area (Å²) in [6, 6.07) is 8.57. The molecule has 0 aliphatic carbocycles. The van der Waals surface area contributed by atoms with Gasteiger partial charge in [-0.05, 0) is 48.0 Å². The second kappa shape index (κ2) is 7.17. The summed E-state index contributed by atoms with van der Waals surface area (Å²) in [6.07, 6.45) is 2.61. The summed E-state index contributed by atoms with van der Waals surface area (Å²) in [5.74, 6) is -1.25. The van der Waals surface area contributed by atoms with E-state index < -0.39 is 17.7 Å². The van der Waals surface area contributed by atoms with E-state index in [4.69, 9.17) is 15.9 Å². The van der Waals surface area contributed by atoms with Gasteiger partial charge in [-0.25, -0.2) is 13.6 Å². The highest BCUT2D eigenvalue weighted by Crippen LogP contribution is 2.25. The first kappa shape index (κ1) is 16.2. The van der Waals surface area contributed by atoms with E-state index in [0.717, 1.165) is 12.1 Å². The molecule has 0 unspecified atom stereocenters. The van der Waals surface area contributed by atoms with Crippen molar-refractivity contribution < 1.29 is 18.3 Å². The molecular formula is C16H13F2N3O2. The molecule has 7 heteroatoms. The minimum Gasteiger partial charge on any atom is -0.454 e. The number of benzene rings is 2. The van der Waals surface area contributed by atoms with Crippen LogP contribution in [0.3, 0.4) is 0 Å². The molecule has 2 aromatic rings. The van der Waals surface area contributed by atoms with Gasteiger partial charge in [-0.15, -0.1) is 0 Å². The average Bonchev–Trinajstić information content (AvgIpc) is 2.50. The van der Waals surface area contributed by atoms with E-state index >= 15 is 0 Å². The molecular weight excluding hydrogens is 304 g/mol. The highest BCUT2D eigenvalue weighted by Gasteiger charge is 2.06. The smallest absolute Gasteiger partial charge is 0.316 e. The molecule has 118 valence electrons. The van der Waals surface area contributed by atoms with Crippen molar-refractivity contribution in [3.8, 4) is 11.5 Å². The van der Waals surface area contributed by atoms with Crippen molar-refractivity contribution in [1.82, 2.24) is 5.32 Å². The Kier molecular flexibility index (Phi) is 5.03. The minimum absolute atomic E-state index is 0.0974. The summed E-state index contributed by atoms with van der Waals surface area (Å²) >= 11 is 0. The molecule has 0 heterocycles. The van der Waals surface area contributed by atoms with Crippen molar-refractivity contribution in [2.24, 2.45) is 5.73 Å². The molecule has 0 aromatic heterocycles. The Bertz CT molecular complexity index is 758. The summed E-state index contributed by atoms with van der Waals surface area (Å²) in [5.41, 5.74) is 5.58. The maximum atomic E-state index is 13.5. The lowest BCUT2D eigenvalue weighted by Gasteiger charge is -2.07. The van der Waals surface area contributed by atoms with Crippen molar-refractivity contribution in [2.75, 3.05) is 0 Å². The van der Waals surface area contributed by atoms with Crippen LogP contribution in [0.1, 0.15) is 5.56 Å². The fraction of sp³-hybridized carbons (Fsp3) is 0.